The molecular weight excluding hydrogens is 398 g/mol. The van der Waals surface area contributed by atoms with Gasteiger partial charge in [0.25, 0.3) is 0 Å². The number of anilines is 2. The molecule has 3 aromatic rings. The Balaban J connectivity index is 1.55. The molecule has 0 fully saturated rings. The maximum atomic E-state index is 12.4. The van der Waals surface area contributed by atoms with Crippen molar-refractivity contribution in [3.05, 3.63) is 65.5 Å². The minimum absolute atomic E-state index is 0.109. The Morgan fingerprint density at radius 1 is 1.03 bits per heavy atom. The van der Waals surface area contributed by atoms with Gasteiger partial charge in [-0.25, -0.2) is 0 Å². The monoisotopic (exact) mass is 423 g/mol. The van der Waals surface area contributed by atoms with Gasteiger partial charge in [0.05, 0.1) is 12.2 Å². The standard InChI is InChI=1S/C22H25N5O2S/c1-4-16-9-5-6-11-18(16)24-20(28)13-19-25-26-22(27(19)3)30-14-21(29)23-17-10-7-8-15(2)12-17/h5-12H,4,13-14H2,1-3H3,(H,23,29)(H,24,28). The molecule has 0 bridgehead atoms. The molecule has 1 aromatic heterocycles. The van der Waals surface area contributed by atoms with Crippen molar-refractivity contribution in [2.75, 3.05) is 16.4 Å². The van der Waals surface area contributed by atoms with Crippen molar-refractivity contribution in [1.82, 2.24) is 14.8 Å². The summed E-state index contributed by atoms with van der Waals surface area (Å²) in [6.07, 6.45) is 0.948. The number of para-hydroxylation sites is 1. The topological polar surface area (TPSA) is 88.9 Å². The van der Waals surface area contributed by atoms with Crippen molar-refractivity contribution in [3.63, 3.8) is 0 Å². The average Bonchev–Trinajstić information content (AvgIpc) is 3.06. The van der Waals surface area contributed by atoms with Crippen molar-refractivity contribution in [3.8, 4) is 0 Å². The van der Waals surface area contributed by atoms with Crippen LogP contribution in [-0.2, 0) is 29.5 Å². The third-order valence-corrected chi connectivity index (χ3v) is 5.57. The Labute approximate surface area is 180 Å². The largest absolute Gasteiger partial charge is 0.325 e. The van der Waals surface area contributed by atoms with Crippen molar-refractivity contribution in [2.45, 2.75) is 31.8 Å². The number of rotatable bonds is 8. The van der Waals surface area contributed by atoms with Gasteiger partial charge in [-0.05, 0) is 42.7 Å². The number of aromatic nitrogens is 3. The van der Waals surface area contributed by atoms with Crippen molar-refractivity contribution < 1.29 is 9.59 Å². The van der Waals surface area contributed by atoms with Crippen LogP contribution in [0.5, 0.6) is 0 Å². The summed E-state index contributed by atoms with van der Waals surface area (Å²) in [5, 5.41) is 14.6. The Morgan fingerprint density at radius 3 is 2.60 bits per heavy atom. The highest BCUT2D eigenvalue weighted by atomic mass is 32.2. The second-order valence-electron chi connectivity index (χ2n) is 6.90. The molecule has 0 saturated carbocycles. The lowest BCUT2D eigenvalue weighted by Crippen LogP contribution is -2.18. The lowest BCUT2D eigenvalue weighted by Gasteiger charge is -2.09. The molecule has 0 atom stereocenters. The zero-order valence-corrected chi connectivity index (χ0v) is 18.1. The van der Waals surface area contributed by atoms with Gasteiger partial charge >= 0.3 is 0 Å². The van der Waals surface area contributed by atoms with E-state index in [1.165, 1.54) is 11.8 Å². The van der Waals surface area contributed by atoms with E-state index in [1.54, 1.807) is 11.6 Å². The van der Waals surface area contributed by atoms with Crippen LogP contribution in [-0.4, -0.2) is 32.3 Å². The highest BCUT2D eigenvalue weighted by Gasteiger charge is 2.15. The zero-order valence-electron chi connectivity index (χ0n) is 17.3. The summed E-state index contributed by atoms with van der Waals surface area (Å²) in [7, 11) is 1.80. The highest BCUT2D eigenvalue weighted by molar-refractivity contribution is 7.99. The fourth-order valence-electron chi connectivity index (χ4n) is 2.96. The predicted molar refractivity (Wildman–Crippen MR) is 120 cm³/mol. The van der Waals surface area contributed by atoms with E-state index in [9.17, 15) is 9.59 Å². The van der Waals surface area contributed by atoms with Crippen LogP contribution in [0.4, 0.5) is 11.4 Å². The van der Waals surface area contributed by atoms with Gasteiger partial charge in [-0.2, -0.15) is 0 Å². The first-order chi connectivity index (χ1) is 14.5. The fraction of sp³-hybridized carbons (Fsp3) is 0.273. The van der Waals surface area contributed by atoms with Gasteiger partial charge in [-0.1, -0.05) is 49.0 Å². The molecule has 0 radical (unpaired) electrons. The maximum absolute atomic E-state index is 12.4. The number of nitrogens with one attached hydrogen (secondary N) is 2. The van der Waals surface area contributed by atoms with Crippen molar-refractivity contribution in [1.29, 1.82) is 0 Å². The number of thioether (sulfide) groups is 1. The number of aryl methyl sites for hydroxylation is 2. The number of benzene rings is 2. The van der Waals surface area contributed by atoms with Gasteiger partial charge in [0.15, 0.2) is 5.16 Å². The number of carbonyl (C=O) groups is 2. The van der Waals surface area contributed by atoms with E-state index in [0.29, 0.717) is 11.0 Å². The third kappa shape index (κ3) is 5.70. The molecule has 3 rings (SSSR count). The Kier molecular flexibility index (Phi) is 7.24. The Morgan fingerprint density at radius 2 is 1.83 bits per heavy atom. The van der Waals surface area contributed by atoms with Crippen LogP contribution in [0.2, 0.25) is 0 Å². The van der Waals surface area contributed by atoms with E-state index in [4.69, 9.17) is 0 Å². The van der Waals surface area contributed by atoms with E-state index >= 15 is 0 Å². The molecule has 1 heterocycles. The summed E-state index contributed by atoms with van der Waals surface area (Å²) in [5.74, 6) is 0.475. The van der Waals surface area contributed by atoms with Crippen LogP contribution in [0.25, 0.3) is 0 Å². The molecule has 156 valence electrons. The highest BCUT2D eigenvalue weighted by Crippen LogP contribution is 2.18. The SMILES string of the molecule is CCc1ccccc1NC(=O)Cc1nnc(SCC(=O)Nc2cccc(C)c2)n1C. The van der Waals surface area contributed by atoms with Gasteiger partial charge in [0, 0.05) is 18.4 Å². The molecule has 2 aromatic carbocycles. The van der Waals surface area contributed by atoms with E-state index in [2.05, 4.69) is 20.8 Å². The quantitative estimate of drug-likeness (QED) is 0.541. The van der Waals surface area contributed by atoms with E-state index in [1.807, 2.05) is 62.4 Å². The van der Waals surface area contributed by atoms with Crippen LogP contribution in [0, 0.1) is 6.92 Å². The van der Waals surface area contributed by atoms with E-state index in [0.717, 1.165) is 28.9 Å². The molecule has 0 aliphatic rings. The summed E-state index contributed by atoms with van der Waals surface area (Å²) in [4.78, 5) is 24.6. The summed E-state index contributed by atoms with van der Waals surface area (Å²) < 4.78 is 1.75. The molecule has 2 N–H and O–H groups in total. The molecule has 0 aliphatic carbocycles. The molecule has 30 heavy (non-hydrogen) atoms. The zero-order chi connectivity index (χ0) is 21.5. The lowest BCUT2D eigenvalue weighted by molar-refractivity contribution is -0.116. The number of hydrogen-bond donors (Lipinski definition) is 2. The van der Waals surface area contributed by atoms with Crippen molar-refractivity contribution in [2.24, 2.45) is 7.05 Å². The molecule has 0 aliphatic heterocycles. The summed E-state index contributed by atoms with van der Waals surface area (Å²) in [6, 6.07) is 15.4. The van der Waals surface area contributed by atoms with Crippen LogP contribution in [0.3, 0.4) is 0 Å². The summed E-state index contributed by atoms with van der Waals surface area (Å²) in [5.41, 5.74) is 3.75. The van der Waals surface area contributed by atoms with E-state index < -0.39 is 0 Å². The van der Waals surface area contributed by atoms with Crippen molar-refractivity contribution >= 4 is 35.0 Å². The van der Waals surface area contributed by atoms with Crippen LogP contribution in [0.1, 0.15) is 23.9 Å². The smallest absolute Gasteiger partial charge is 0.234 e. The first-order valence-corrected chi connectivity index (χ1v) is 10.7. The summed E-state index contributed by atoms with van der Waals surface area (Å²) >= 11 is 1.28. The number of carbonyl (C=O) groups excluding carboxylic acids is 2. The first-order valence-electron chi connectivity index (χ1n) is 9.71. The lowest BCUT2D eigenvalue weighted by atomic mass is 10.1. The van der Waals surface area contributed by atoms with Gasteiger partial charge in [-0.15, -0.1) is 10.2 Å². The Bertz CT molecular complexity index is 1050. The number of nitrogens with zero attached hydrogens (tertiary/aromatic N) is 3. The molecular formula is C22H25N5O2S. The molecule has 2 amide bonds. The van der Waals surface area contributed by atoms with Gasteiger partial charge in [0.2, 0.25) is 11.8 Å². The minimum Gasteiger partial charge on any atom is -0.325 e. The molecule has 7 nitrogen and oxygen atoms in total. The van der Waals surface area contributed by atoms with Crippen LogP contribution >= 0.6 is 11.8 Å². The third-order valence-electron chi connectivity index (χ3n) is 4.55. The molecule has 0 unspecified atom stereocenters. The molecule has 0 spiro atoms. The van der Waals surface area contributed by atoms with Gasteiger partial charge < -0.3 is 15.2 Å². The Hall–Kier alpha value is -3.13. The minimum atomic E-state index is -0.153. The fourth-order valence-corrected chi connectivity index (χ4v) is 3.69. The van der Waals surface area contributed by atoms with Gasteiger partial charge in [-0.3, -0.25) is 9.59 Å². The second kappa shape index (κ2) is 10.1. The maximum Gasteiger partial charge on any atom is 0.234 e. The van der Waals surface area contributed by atoms with Crippen LogP contribution < -0.4 is 10.6 Å². The second-order valence-corrected chi connectivity index (χ2v) is 7.84. The normalized spacial score (nSPS) is 10.6. The first kappa shape index (κ1) is 21.6. The molecule has 8 heteroatoms. The predicted octanol–water partition coefficient (Wildman–Crippen LogP) is 3.60. The van der Waals surface area contributed by atoms with Crippen LogP contribution in [0.15, 0.2) is 53.7 Å². The number of hydrogen-bond acceptors (Lipinski definition) is 5. The average molecular weight is 424 g/mol. The molecule has 0 saturated heterocycles. The number of amides is 2. The summed E-state index contributed by atoms with van der Waals surface area (Å²) in [6.45, 7) is 4.02. The van der Waals surface area contributed by atoms with Gasteiger partial charge in [0.1, 0.15) is 5.82 Å². The van der Waals surface area contributed by atoms with E-state index in [-0.39, 0.29) is 24.0 Å².